The molecule has 1 aromatic carbocycles. The van der Waals surface area contributed by atoms with E-state index in [4.69, 9.17) is 0 Å². The third-order valence-corrected chi connectivity index (χ3v) is 3.69. The second kappa shape index (κ2) is 6.07. The monoisotopic (exact) mass is 250 g/mol. The van der Waals surface area contributed by atoms with Gasteiger partial charge in [-0.25, -0.2) is 0 Å². The molecule has 1 unspecified atom stereocenters. The lowest BCUT2D eigenvalue weighted by Gasteiger charge is -2.22. The highest BCUT2D eigenvalue weighted by atomic mass is 32.2. The molecular formula is C13H18N2OS. The highest BCUT2D eigenvalue weighted by Gasteiger charge is 2.20. The quantitative estimate of drug-likeness (QED) is 0.810. The summed E-state index contributed by atoms with van der Waals surface area (Å²) in [7, 11) is 0. The molecule has 0 aromatic heterocycles. The predicted octanol–water partition coefficient (Wildman–Crippen LogP) is 2.49. The molecule has 1 fully saturated rings. The number of carbonyl (C=O) groups is 1. The van der Waals surface area contributed by atoms with Gasteiger partial charge in [0.15, 0.2) is 0 Å². The highest BCUT2D eigenvalue weighted by molar-refractivity contribution is 7.98. The number of benzene rings is 1. The van der Waals surface area contributed by atoms with E-state index in [-0.39, 0.29) is 11.9 Å². The van der Waals surface area contributed by atoms with Gasteiger partial charge in [0, 0.05) is 10.6 Å². The summed E-state index contributed by atoms with van der Waals surface area (Å²) < 4.78 is 0. The average Bonchev–Trinajstić information content (AvgIpc) is 2.40. The van der Waals surface area contributed by atoms with Crippen LogP contribution in [0.3, 0.4) is 0 Å². The molecule has 4 heteroatoms. The van der Waals surface area contributed by atoms with Crippen molar-refractivity contribution in [2.45, 2.75) is 30.2 Å². The SMILES string of the molecule is CSc1cccc(NC(=O)C2CCCCN2)c1. The predicted molar refractivity (Wildman–Crippen MR) is 72.5 cm³/mol. The van der Waals surface area contributed by atoms with Gasteiger partial charge >= 0.3 is 0 Å². The highest BCUT2D eigenvalue weighted by Crippen LogP contribution is 2.19. The van der Waals surface area contributed by atoms with E-state index in [1.165, 1.54) is 11.3 Å². The van der Waals surface area contributed by atoms with E-state index in [0.29, 0.717) is 0 Å². The van der Waals surface area contributed by atoms with Crippen LogP contribution in [0.4, 0.5) is 5.69 Å². The van der Waals surface area contributed by atoms with Gasteiger partial charge in [-0.2, -0.15) is 0 Å². The third kappa shape index (κ3) is 3.48. The number of hydrogen-bond donors (Lipinski definition) is 2. The van der Waals surface area contributed by atoms with Crippen LogP contribution >= 0.6 is 11.8 Å². The van der Waals surface area contributed by atoms with Gasteiger partial charge in [0.05, 0.1) is 6.04 Å². The molecule has 92 valence electrons. The van der Waals surface area contributed by atoms with E-state index in [9.17, 15) is 4.79 Å². The maximum Gasteiger partial charge on any atom is 0.241 e. The van der Waals surface area contributed by atoms with Crippen molar-refractivity contribution in [1.82, 2.24) is 5.32 Å². The molecule has 1 atom stereocenters. The lowest BCUT2D eigenvalue weighted by atomic mass is 10.0. The summed E-state index contributed by atoms with van der Waals surface area (Å²) in [5.41, 5.74) is 0.884. The van der Waals surface area contributed by atoms with Crippen molar-refractivity contribution < 1.29 is 4.79 Å². The Labute approximate surface area is 106 Å². The molecule has 0 radical (unpaired) electrons. The van der Waals surface area contributed by atoms with E-state index in [2.05, 4.69) is 10.6 Å². The molecule has 2 N–H and O–H groups in total. The Morgan fingerprint density at radius 2 is 2.35 bits per heavy atom. The topological polar surface area (TPSA) is 41.1 Å². The molecule has 1 aromatic rings. The number of amides is 1. The lowest BCUT2D eigenvalue weighted by Crippen LogP contribution is -2.43. The molecule has 0 spiro atoms. The zero-order valence-corrected chi connectivity index (χ0v) is 10.8. The molecule has 17 heavy (non-hydrogen) atoms. The van der Waals surface area contributed by atoms with Crippen LogP contribution in [0.25, 0.3) is 0 Å². The van der Waals surface area contributed by atoms with Crippen LogP contribution in [0.15, 0.2) is 29.2 Å². The average molecular weight is 250 g/mol. The van der Waals surface area contributed by atoms with E-state index >= 15 is 0 Å². The lowest BCUT2D eigenvalue weighted by molar-refractivity contribution is -0.118. The van der Waals surface area contributed by atoms with Crippen LogP contribution in [-0.2, 0) is 4.79 Å². The van der Waals surface area contributed by atoms with Crippen molar-refractivity contribution in [3.05, 3.63) is 24.3 Å². The first-order chi connectivity index (χ1) is 8.29. The minimum absolute atomic E-state index is 0.0262. The summed E-state index contributed by atoms with van der Waals surface area (Å²) in [4.78, 5) is 13.2. The number of carbonyl (C=O) groups excluding carboxylic acids is 1. The molecule has 3 nitrogen and oxygen atoms in total. The minimum atomic E-state index is -0.0262. The van der Waals surface area contributed by atoms with Crippen LogP contribution in [0.5, 0.6) is 0 Å². The smallest absolute Gasteiger partial charge is 0.241 e. The van der Waals surface area contributed by atoms with Gasteiger partial charge in [0.2, 0.25) is 5.91 Å². The minimum Gasteiger partial charge on any atom is -0.325 e. The van der Waals surface area contributed by atoms with Gasteiger partial charge in [-0.3, -0.25) is 4.79 Å². The van der Waals surface area contributed by atoms with E-state index in [0.717, 1.165) is 25.1 Å². The van der Waals surface area contributed by atoms with Crippen molar-refractivity contribution in [1.29, 1.82) is 0 Å². The molecule has 1 amide bonds. The number of rotatable bonds is 3. The number of thioether (sulfide) groups is 1. The van der Waals surface area contributed by atoms with Crippen molar-refractivity contribution in [3.8, 4) is 0 Å². The van der Waals surface area contributed by atoms with Crippen LogP contribution < -0.4 is 10.6 Å². The van der Waals surface area contributed by atoms with E-state index in [1.807, 2.05) is 30.5 Å². The summed E-state index contributed by atoms with van der Waals surface area (Å²) in [5.74, 6) is 0.0861. The summed E-state index contributed by atoms with van der Waals surface area (Å²) >= 11 is 1.68. The Balaban J connectivity index is 1.96. The van der Waals surface area contributed by atoms with Crippen LogP contribution in [-0.4, -0.2) is 24.7 Å². The molecule has 1 heterocycles. The standard InChI is InChI=1S/C13H18N2OS/c1-17-11-6-4-5-10(9-11)15-13(16)12-7-2-3-8-14-12/h4-6,9,12,14H,2-3,7-8H2,1H3,(H,15,16). The Hall–Kier alpha value is -1.00. The maximum absolute atomic E-state index is 12.0. The summed E-state index contributed by atoms with van der Waals surface area (Å²) in [6.07, 6.45) is 5.28. The molecule has 0 bridgehead atoms. The van der Waals surface area contributed by atoms with E-state index < -0.39 is 0 Å². The van der Waals surface area contributed by atoms with Gasteiger partial charge in [-0.05, 0) is 43.8 Å². The van der Waals surface area contributed by atoms with Gasteiger partial charge < -0.3 is 10.6 Å². The van der Waals surface area contributed by atoms with Gasteiger partial charge in [-0.15, -0.1) is 11.8 Å². The molecular weight excluding hydrogens is 232 g/mol. The second-order valence-electron chi connectivity index (χ2n) is 4.22. The molecule has 1 aliphatic rings. The Bertz CT molecular complexity index is 389. The first-order valence-corrected chi connectivity index (χ1v) is 7.20. The van der Waals surface area contributed by atoms with Crippen molar-refractivity contribution >= 4 is 23.4 Å². The number of nitrogens with one attached hydrogen (secondary N) is 2. The third-order valence-electron chi connectivity index (χ3n) is 2.96. The van der Waals surface area contributed by atoms with Crippen molar-refractivity contribution in [2.24, 2.45) is 0 Å². The first-order valence-electron chi connectivity index (χ1n) is 5.98. The maximum atomic E-state index is 12.0. The summed E-state index contributed by atoms with van der Waals surface area (Å²) in [6.45, 7) is 0.947. The Morgan fingerprint density at radius 3 is 3.06 bits per heavy atom. The van der Waals surface area contributed by atoms with Crippen molar-refractivity contribution in [2.75, 3.05) is 18.1 Å². The summed E-state index contributed by atoms with van der Waals surface area (Å²) in [5, 5.41) is 6.22. The number of piperidine rings is 1. The fraction of sp³-hybridized carbons (Fsp3) is 0.462. The zero-order valence-electron chi connectivity index (χ0n) is 10.0. The fourth-order valence-electron chi connectivity index (χ4n) is 2.01. The molecule has 1 aliphatic heterocycles. The molecule has 0 saturated carbocycles. The molecule has 0 aliphatic carbocycles. The Morgan fingerprint density at radius 1 is 1.47 bits per heavy atom. The summed E-state index contributed by atoms with van der Waals surface area (Å²) in [6, 6.07) is 7.92. The second-order valence-corrected chi connectivity index (χ2v) is 5.10. The first kappa shape index (κ1) is 12.5. The Kier molecular flexibility index (Phi) is 4.45. The van der Waals surface area contributed by atoms with Gasteiger partial charge in [0.1, 0.15) is 0 Å². The molecule has 2 rings (SSSR count). The van der Waals surface area contributed by atoms with Crippen LogP contribution in [0.1, 0.15) is 19.3 Å². The van der Waals surface area contributed by atoms with E-state index in [1.54, 1.807) is 11.8 Å². The van der Waals surface area contributed by atoms with Crippen LogP contribution in [0, 0.1) is 0 Å². The number of hydrogen-bond acceptors (Lipinski definition) is 3. The molecule has 1 saturated heterocycles. The van der Waals surface area contributed by atoms with Gasteiger partial charge in [0.25, 0.3) is 0 Å². The van der Waals surface area contributed by atoms with Crippen LogP contribution in [0.2, 0.25) is 0 Å². The number of anilines is 1. The zero-order chi connectivity index (χ0) is 12.1. The van der Waals surface area contributed by atoms with Crippen molar-refractivity contribution in [3.63, 3.8) is 0 Å². The normalized spacial score (nSPS) is 19.9. The largest absolute Gasteiger partial charge is 0.325 e. The van der Waals surface area contributed by atoms with Gasteiger partial charge in [-0.1, -0.05) is 12.5 Å². The fourth-order valence-corrected chi connectivity index (χ4v) is 2.47.